The van der Waals surface area contributed by atoms with Crippen molar-refractivity contribution in [1.82, 2.24) is 4.90 Å². The van der Waals surface area contributed by atoms with E-state index in [1.54, 1.807) is 4.90 Å². The number of hydrogen-bond acceptors (Lipinski definition) is 4. The van der Waals surface area contributed by atoms with Crippen LogP contribution in [0.25, 0.3) is 0 Å². The molecule has 1 aliphatic heterocycles. The molecule has 3 rings (SSSR count). The zero-order valence-electron chi connectivity index (χ0n) is 13.4. The lowest BCUT2D eigenvalue weighted by Gasteiger charge is -2.25. The summed E-state index contributed by atoms with van der Waals surface area (Å²) < 4.78 is 0. The van der Waals surface area contributed by atoms with Crippen LogP contribution in [0.3, 0.4) is 0 Å². The molecule has 1 aromatic carbocycles. The Bertz CT molecular complexity index is 684. The van der Waals surface area contributed by atoms with Gasteiger partial charge in [0, 0.05) is 19.0 Å². The van der Waals surface area contributed by atoms with Crippen molar-refractivity contribution in [2.24, 2.45) is 0 Å². The molecule has 2 aromatic rings. The number of carbonyl (C=O) groups excluding carboxylic acids is 2. The Morgan fingerprint density at radius 1 is 1.21 bits per heavy atom. The zero-order valence-corrected chi connectivity index (χ0v) is 14.2. The predicted molar refractivity (Wildman–Crippen MR) is 94.0 cm³/mol. The standard InChI is InChI=1S/C19H21NO3S/c21-16(14-6-2-1-3-7-14)13-19(23)20-10-4-8-15(20)12-17(22)18-9-5-11-24-18/h1-3,5-7,9,11,15-16,21H,4,8,10,12-13H2. The second-order valence-electron chi connectivity index (χ2n) is 6.12. The highest BCUT2D eigenvalue weighted by atomic mass is 32.1. The normalized spacial score (nSPS) is 18.5. The van der Waals surface area contributed by atoms with Gasteiger partial charge < -0.3 is 10.0 Å². The van der Waals surface area contributed by atoms with Crippen LogP contribution in [0, 0.1) is 0 Å². The topological polar surface area (TPSA) is 57.6 Å². The van der Waals surface area contributed by atoms with Crippen LogP contribution >= 0.6 is 11.3 Å². The Kier molecular flexibility index (Phi) is 5.43. The van der Waals surface area contributed by atoms with Crippen molar-refractivity contribution in [1.29, 1.82) is 0 Å². The molecule has 0 radical (unpaired) electrons. The zero-order chi connectivity index (χ0) is 16.9. The van der Waals surface area contributed by atoms with Crippen LogP contribution < -0.4 is 0 Å². The van der Waals surface area contributed by atoms with Crippen LogP contribution in [0.15, 0.2) is 47.8 Å². The van der Waals surface area contributed by atoms with E-state index < -0.39 is 6.10 Å². The lowest BCUT2D eigenvalue weighted by molar-refractivity contribution is -0.134. The number of likely N-dealkylation sites (tertiary alicyclic amines) is 1. The molecule has 24 heavy (non-hydrogen) atoms. The summed E-state index contributed by atoms with van der Waals surface area (Å²) in [4.78, 5) is 27.4. The van der Waals surface area contributed by atoms with Gasteiger partial charge in [-0.25, -0.2) is 0 Å². The minimum Gasteiger partial charge on any atom is -0.388 e. The van der Waals surface area contributed by atoms with Crippen molar-refractivity contribution in [3.63, 3.8) is 0 Å². The van der Waals surface area contributed by atoms with Crippen LogP contribution in [0.2, 0.25) is 0 Å². The molecule has 5 heteroatoms. The maximum atomic E-state index is 12.6. The minimum absolute atomic E-state index is 0.0462. The van der Waals surface area contributed by atoms with E-state index >= 15 is 0 Å². The number of hydrogen-bond donors (Lipinski definition) is 1. The van der Waals surface area contributed by atoms with Crippen molar-refractivity contribution >= 4 is 23.0 Å². The largest absolute Gasteiger partial charge is 0.388 e. The summed E-state index contributed by atoms with van der Waals surface area (Å²) in [6.45, 7) is 0.669. The molecule has 2 atom stereocenters. The van der Waals surface area contributed by atoms with Crippen molar-refractivity contribution in [3.8, 4) is 0 Å². The first kappa shape index (κ1) is 16.9. The number of ketones is 1. The van der Waals surface area contributed by atoms with E-state index in [9.17, 15) is 14.7 Å². The summed E-state index contributed by atoms with van der Waals surface area (Å²) in [7, 11) is 0. The summed E-state index contributed by atoms with van der Waals surface area (Å²) >= 11 is 1.44. The monoisotopic (exact) mass is 343 g/mol. The third-order valence-corrected chi connectivity index (χ3v) is 5.38. The first-order valence-corrected chi connectivity index (χ1v) is 9.12. The van der Waals surface area contributed by atoms with E-state index in [1.165, 1.54) is 11.3 Å². The van der Waals surface area contributed by atoms with Gasteiger partial charge in [-0.15, -0.1) is 11.3 Å². The highest BCUT2D eigenvalue weighted by Gasteiger charge is 2.31. The molecule has 1 amide bonds. The lowest BCUT2D eigenvalue weighted by atomic mass is 10.0. The number of benzene rings is 1. The fraction of sp³-hybridized carbons (Fsp3) is 0.368. The summed E-state index contributed by atoms with van der Waals surface area (Å²) in [6.07, 6.45) is 1.40. The number of thiophene rings is 1. The van der Waals surface area contributed by atoms with Gasteiger partial charge in [0.1, 0.15) is 0 Å². The molecule has 4 nitrogen and oxygen atoms in total. The number of Topliss-reactive ketones (excluding diaryl/α,β-unsaturated/α-hetero) is 1. The summed E-state index contributed by atoms with van der Waals surface area (Å²) in [5.74, 6) is 0.0196. The van der Waals surface area contributed by atoms with Crippen molar-refractivity contribution in [2.75, 3.05) is 6.54 Å². The molecule has 0 bridgehead atoms. The number of nitrogens with zero attached hydrogens (tertiary/aromatic N) is 1. The summed E-state index contributed by atoms with van der Waals surface area (Å²) in [5.41, 5.74) is 0.747. The molecular formula is C19H21NO3S. The molecule has 0 aliphatic carbocycles. The Balaban J connectivity index is 1.60. The molecule has 1 aliphatic rings. The summed E-state index contributed by atoms with van der Waals surface area (Å²) in [5, 5.41) is 12.1. The molecule has 2 heterocycles. The molecule has 1 aromatic heterocycles. The predicted octanol–water partition coefficient (Wildman–Crippen LogP) is 3.44. The SMILES string of the molecule is O=C(CC1CCCN1C(=O)CC(O)c1ccccc1)c1cccs1. The van der Waals surface area contributed by atoms with Crippen LogP contribution in [-0.2, 0) is 4.79 Å². The number of aliphatic hydroxyl groups is 1. The van der Waals surface area contributed by atoms with Crippen molar-refractivity contribution in [3.05, 3.63) is 58.3 Å². The third-order valence-electron chi connectivity index (χ3n) is 4.47. The number of aliphatic hydroxyl groups excluding tert-OH is 1. The first-order valence-electron chi connectivity index (χ1n) is 8.24. The van der Waals surface area contributed by atoms with Gasteiger partial charge in [-0.3, -0.25) is 9.59 Å². The number of carbonyl (C=O) groups is 2. The maximum absolute atomic E-state index is 12.6. The van der Waals surface area contributed by atoms with Gasteiger partial charge in [0.15, 0.2) is 5.78 Å². The van der Waals surface area contributed by atoms with E-state index in [0.29, 0.717) is 13.0 Å². The molecule has 126 valence electrons. The Morgan fingerprint density at radius 2 is 2.00 bits per heavy atom. The van der Waals surface area contributed by atoms with Gasteiger partial charge >= 0.3 is 0 Å². The maximum Gasteiger partial charge on any atom is 0.225 e. The Morgan fingerprint density at radius 3 is 2.71 bits per heavy atom. The molecular weight excluding hydrogens is 322 g/mol. The average molecular weight is 343 g/mol. The fourth-order valence-electron chi connectivity index (χ4n) is 3.20. The molecule has 0 spiro atoms. The van der Waals surface area contributed by atoms with Crippen LogP contribution in [0.1, 0.15) is 47.0 Å². The third kappa shape index (κ3) is 3.91. The van der Waals surface area contributed by atoms with Crippen molar-refractivity contribution < 1.29 is 14.7 Å². The van der Waals surface area contributed by atoms with E-state index in [-0.39, 0.29) is 24.2 Å². The quantitative estimate of drug-likeness (QED) is 0.818. The molecule has 1 N–H and O–H groups in total. The Labute approximate surface area is 145 Å². The second-order valence-corrected chi connectivity index (χ2v) is 7.07. The van der Waals surface area contributed by atoms with E-state index in [4.69, 9.17) is 0 Å². The average Bonchev–Trinajstić information content (AvgIpc) is 3.27. The van der Waals surface area contributed by atoms with E-state index in [2.05, 4.69) is 0 Å². The van der Waals surface area contributed by atoms with Crippen LogP contribution in [0.4, 0.5) is 0 Å². The highest BCUT2D eigenvalue weighted by Crippen LogP contribution is 2.26. The fourth-order valence-corrected chi connectivity index (χ4v) is 3.88. The molecule has 2 unspecified atom stereocenters. The van der Waals surface area contributed by atoms with Crippen LogP contribution in [0.5, 0.6) is 0 Å². The molecule has 1 saturated heterocycles. The van der Waals surface area contributed by atoms with E-state index in [1.807, 2.05) is 47.8 Å². The summed E-state index contributed by atoms with van der Waals surface area (Å²) in [6, 6.07) is 12.9. The molecule has 1 fully saturated rings. The van der Waals surface area contributed by atoms with Gasteiger partial charge in [-0.2, -0.15) is 0 Å². The van der Waals surface area contributed by atoms with Crippen molar-refractivity contribution in [2.45, 2.75) is 37.8 Å². The smallest absolute Gasteiger partial charge is 0.225 e. The van der Waals surface area contributed by atoms with Gasteiger partial charge in [0.25, 0.3) is 0 Å². The highest BCUT2D eigenvalue weighted by molar-refractivity contribution is 7.12. The van der Waals surface area contributed by atoms with Gasteiger partial charge in [-0.05, 0) is 29.9 Å². The Hall–Kier alpha value is -1.98. The second kappa shape index (κ2) is 7.73. The number of rotatable bonds is 6. The van der Waals surface area contributed by atoms with Crippen LogP contribution in [-0.4, -0.2) is 34.3 Å². The van der Waals surface area contributed by atoms with E-state index in [0.717, 1.165) is 23.3 Å². The van der Waals surface area contributed by atoms with Gasteiger partial charge in [-0.1, -0.05) is 36.4 Å². The minimum atomic E-state index is -0.798. The van der Waals surface area contributed by atoms with Gasteiger partial charge in [0.2, 0.25) is 5.91 Å². The first-order chi connectivity index (χ1) is 11.6. The number of amides is 1. The van der Waals surface area contributed by atoms with Gasteiger partial charge in [0.05, 0.1) is 17.4 Å². The molecule has 0 saturated carbocycles. The lowest BCUT2D eigenvalue weighted by Crippen LogP contribution is -2.37.